The molecule has 0 fully saturated rings. The molecule has 1 aromatic heterocycles. The number of H-pyrrole nitrogens is 1. The fourth-order valence-corrected chi connectivity index (χ4v) is 2.25. The molecule has 2 rings (SSSR count). The molecule has 1 amide bonds. The minimum Gasteiger partial charge on any atom is -0.350 e. The van der Waals surface area contributed by atoms with Gasteiger partial charge in [-0.05, 0) is 29.9 Å². The number of aromatic nitrogens is 2. The molecule has 2 N–H and O–H groups in total. The van der Waals surface area contributed by atoms with E-state index in [9.17, 15) is 9.59 Å². The van der Waals surface area contributed by atoms with Crippen molar-refractivity contribution < 1.29 is 4.79 Å². The Balaban J connectivity index is 1.95. The third-order valence-electron chi connectivity index (χ3n) is 3.72. The third kappa shape index (κ3) is 4.55. The Hall–Kier alpha value is -2.43. The molecule has 1 heterocycles. The molecule has 0 saturated heterocycles. The van der Waals surface area contributed by atoms with Crippen molar-refractivity contribution in [3.63, 3.8) is 0 Å². The lowest BCUT2D eigenvalue weighted by Gasteiger charge is -2.21. The predicted molar refractivity (Wildman–Crippen MR) is 85.7 cm³/mol. The Morgan fingerprint density at radius 2 is 1.91 bits per heavy atom. The summed E-state index contributed by atoms with van der Waals surface area (Å²) < 4.78 is 0. The van der Waals surface area contributed by atoms with Gasteiger partial charge in [-0.1, -0.05) is 44.2 Å². The SMILES string of the molecule is CC(C)[C@H](CNC(=O)c1ccc(=O)[nH]n1)Cc1ccccc1. The van der Waals surface area contributed by atoms with Crippen molar-refractivity contribution in [2.45, 2.75) is 20.3 Å². The van der Waals surface area contributed by atoms with E-state index in [4.69, 9.17) is 0 Å². The van der Waals surface area contributed by atoms with Gasteiger partial charge in [-0.15, -0.1) is 0 Å². The smallest absolute Gasteiger partial charge is 0.271 e. The Morgan fingerprint density at radius 3 is 2.50 bits per heavy atom. The molecule has 116 valence electrons. The lowest BCUT2D eigenvalue weighted by molar-refractivity contribution is 0.0937. The fourth-order valence-electron chi connectivity index (χ4n) is 2.25. The lowest BCUT2D eigenvalue weighted by atomic mass is 9.89. The molecule has 1 atom stereocenters. The van der Waals surface area contributed by atoms with Gasteiger partial charge >= 0.3 is 0 Å². The van der Waals surface area contributed by atoms with Crippen LogP contribution in [0.25, 0.3) is 0 Å². The summed E-state index contributed by atoms with van der Waals surface area (Å²) in [5.74, 6) is 0.521. The number of carbonyl (C=O) groups excluding carboxylic acids is 1. The number of amides is 1. The highest BCUT2D eigenvalue weighted by Crippen LogP contribution is 2.16. The first-order valence-corrected chi connectivity index (χ1v) is 7.44. The normalized spacial score (nSPS) is 12.1. The van der Waals surface area contributed by atoms with Crippen LogP contribution in [0.2, 0.25) is 0 Å². The van der Waals surface area contributed by atoms with Gasteiger partial charge in [0.2, 0.25) is 0 Å². The van der Waals surface area contributed by atoms with Crippen LogP contribution in [0.5, 0.6) is 0 Å². The second-order valence-corrected chi connectivity index (χ2v) is 5.71. The maximum Gasteiger partial charge on any atom is 0.271 e. The van der Waals surface area contributed by atoms with Gasteiger partial charge < -0.3 is 5.32 Å². The van der Waals surface area contributed by atoms with E-state index < -0.39 is 0 Å². The topological polar surface area (TPSA) is 74.8 Å². The first-order chi connectivity index (χ1) is 10.6. The molecule has 22 heavy (non-hydrogen) atoms. The second kappa shape index (κ2) is 7.54. The highest BCUT2D eigenvalue weighted by atomic mass is 16.2. The highest BCUT2D eigenvalue weighted by Gasteiger charge is 2.16. The van der Waals surface area contributed by atoms with E-state index in [1.807, 2.05) is 18.2 Å². The molecule has 1 aromatic carbocycles. The van der Waals surface area contributed by atoms with Crippen LogP contribution in [0.3, 0.4) is 0 Å². The van der Waals surface area contributed by atoms with E-state index in [0.717, 1.165) is 6.42 Å². The van der Waals surface area contributed by atoms with Crippen LogP contribution < -0.4 is 10.9 Å². The van der Waals surface area contributed by atoms with Crippen LogP contribution in [0.15, 0.2) is 47.3 Å². The number of nitrogens with zero attached hydrogens (tertiary/aromatic N) is 1. The maximum atomic E-state index is 12.0. The Bertz CT molecular complexity index is 645. The molecule has 0 bridgehead atoms. The lowest BCUT2D eigenvalue weighted by Crippen LogP contribution is -2.33. The molecule has 0 spiro atoms. The molecule has 0 unspecified atom stereocenters. The molecule has 0 aliphatic heterocycles. The molecule has 5 nitrogen and oxygen atoms in total. The van der Waals surface area contributed by atoms with E-state index in [-0.39, 0.29) is 17.2 Å². The minimum atomic E-state index is -0.319. The van der Waals surface area contributed by atoms with E-state index >= 15 is 0 Å². The van der Waals surface area contributed by atoms with Crippen molar-refractivity contribution in [3.8, 4) is 0 Å². The van der Waals surface area contributed by atoms with E-state index in [1.54, 1.807) is 0 Å². The van der Waals surface area contributed by atoms with Crippen molar-refractivity contribution in [1.29, 1.82) is 0 Å². The van der Waals surface area contributed by atoms with Gasteiger partial charge in [0.1, 0.15) is 5.69 Å². The largest absolute Gasteiger partial charge is 0.350 e. The van der Waals surface area contributed by atoms with Crippen LogP contribution in [-0.2, 0) is 6.42 Å². The van der Waals surface area contributed by atoms with Crippen LogP contribution in [-0.4, -0.2) is 22.6 Å². The number of rotatable bonds is 6. The van der Waals surface area contributed by atoms with Crippen LogP contribution in [0.1, 0.15) is 29.9 Å². The van der Waals surface area contributed by atoms with Crippen molar-refractivity contribution in [3.05, 3.63) is 64.1 Å². The maximum absolute atomic E-state index is 12.0. The van der Waals surface area contributed by atoms with Gasteiger partial charge in [0.05, 0.1) is 0 Å². The van der Waals surface area contributed by atoms with Gasteiger partial charge in [-0.2, -0.15) is 5.10 Å². The van der Waals surface area contributed by atoms with Gasteiger partial charge in [0, 0.05) is 12.6 Å². The third-order valence-corrected chi connectivity index (χ3v) is 3.72. The number of hydrogen-bond donors (Lipinski definition) is 2. The Labute approximate surface area is 129 Å². The summed E-state index contributed by atoms with van der Waals surface area (Å²) in [5.41, 5.74) is 1.17. The average molecular weight is 299 g/mol. The summed E-state index contributed by atoms with van der Waals surface area (Å²) in [4.78, 5) is 23.0. The zero-order valence-corrected chi connectivity index (χ0v) is 12.9. The van der Waals surface area contributed by atoms with Crippen molar-refractivity contribution >= 4 is 5.91 Å². The average Bonchev–Trinajstić information content (AvgIpc) is 2.52. The molecular weight excluding hydrogens is 278 g/mol. The second-order valence-electron chi connectivity index (χ2n) is 5.71. The first-order valence-electron chi connectivity index (χ1n) is 7.44. The Kier molecular flexibility index (Phi) is 5.47. The minimum absolute atomic E-state index is 0.224. The molecule has 2 aromatic rings. The van der Waals surface area contributed by atoms with Crippen LogP contribution in [0, 0.1) is 11.8 Å². The van der Waals surface area contributed by atoms with E-state index in [0.29, 0.717) is 18.4 Å². The quantitative estimate of drug-likeness (QED) is 0.857. The van der Waals surface area contributed by atoms with Gasteiger partial charge in [-0.25, -0.2) is 5.10 Å². The summed E-state index contributed by atoms with van der Waals surface area (Å²) in [6.45, 7) is 4.88. The van der Waals surface area contributed by atoms with Crippen LogP contribution in [0.4, 0.5) is 0 Å². The zero-order valence-electron chi connectivity index (χ0n) is 12.9. The highest BCUT2D eigenvalue weighted by molar-refractivity contribution is 5.91. The number of aromatic amines is 1. The molecule has 0 aliphatic rings. The van der Waals surface area contributed by atoms with Gasteiger partial charge in [-0.3, -0.25) is 9.59 Å². The summed E-state index contributed by atoms with van der Waals surface area (Å²) in [6.07, 6.45) is 0.915. The summed E-state index contributed by atoms with van der Waals surface area (Å²) in [7, 11) is 0. The fraction of sp³-hybridized carbons (Fsp3) is 0.353. The summed E-state index contributed by atoms with van der Waals surface area (Å²) in [5, 5.41) is 8.90. The van der Waals surface area contributed by atoms with E-state index in [1.165, 1.54) is 17.7 Å². The molecule has 0 radical (unpaired) electrons. The van der Waals surface area contributed by atoms with Gasteiger partial charge in [0.15, 0.2) is 0 Å². The van der Waals surface area contributed by atoms with Crippen molar-refractivity contribution in [2.75, 3.05) is 6.54 Å². The molecule has 0 aliphatic carbocycles. The number of benzene rings is 1. The molecular formula is C17H21N3O2. The number of nitrogens with one attached hydrogen (secondary N) is 2. The van der Waals surface area contributed by atoms with Crippen molar-refractivity contribution in [2.24, 2.45) is 11.8 Å². The monoisotopic (exact) mass is 299 g/mol. The molecule has 5 heteroatoms. The van der Waals surface area contributed by atoms with E-state index in [2.05, 4.69) is 41.5 Å². The molecule has 0 saturated carbocycles. The Morgan fingerprint density at radius 1 is 1.18 bits per heavy atom. The van der Waals surface area contributed by atoms with Crippen molar-refractivity contribution in [1.82, 2.24) is 15.5 Å². The van der Waals surface area contributed by atoms with Crippen LogP contribution >= 0.6 is 0 Å². The number of carbonyl (C=O) groups is 1. The number of hydrogen-bond acceptors (Lipinski definition) is 3. The zero-order chi connectivity index (χ0) is 15.9. The summed E-state index contributed by atoms with van der Waals surface area (Å²) in [6, 6.07) is 13.0. The summed E-state index contributed by atoms with van der Waals surface area (Å²) >= 11 is 0. The predicted octanol–water partition coefficient (Wildman–Crippen LogP) is 2.01. The van der Waals surface area contributed by atoms with Gasteiger partial charge in [0.25, 0.3) is 11.5 Å². The standard InChI is InChI=1S/C17H21N3O2/c1-12(2)14(10-13-6-4-3-5-7-13)11-18-17(22)15-8-9-16(21)20-19-15/h3-9,12,14H,10-11H2,1-2H3,(H,18,22)(H,20,21)/t14-/m0/s1. The first kappa shape index (κ1) is 15.9.